The maximum atomic E-state index is 10.7. The maximum absolute atomic E-state index is 10.7. The van der Waals surface area contributed by atoms with Crippen LogP contribution in [0.15, 0.2) is 121 Å². The highest BCUT2D eigenvalue weighted by Gasteiger charge is 2.52. The lowest BCUT2D eigenvalue weighted by atomic mass is 10.1. The van der Waals surface area contributed by atoms with E-state index in [1.54, 1.807) is 0 Å². The largest absolute Gasteiger partial charge is 0.741 e. The molecule has 4 aromatic carbocycles. The highest BCUT2D eigenvalue weighted by atomic mass is 32.2. The molecule has 1 aliphatic carbocycles. The van der Waals surface area contributed by atoms with Gasteiger partial charge >= 0.3 is 5.51 Å². The van der Waals surface area contributed by atoms with Gasteiger partial charge in [-0.15, -0.1) is 0 Å². The number of ether oxygens (including phenoxy) is 5. The van der Waals surface area contributed by atoms with Crippen LogP contribution in [0.25, 0.3) is 0 Å². The zero-order valence-corrected chi connectivity index (χ0v) is 28.0. The minimum Gasteiger partial charge on any atom is -0.741 e. The SMILES string of the molecule is O=S(=O)([O-])C(F)(F)F.c1ccc(COC[C@H]2O[C@H]([CH+]OC[C@@H]3C[C@H]3c3ccccc3)[C@@H](OCc3ccccc3)[C@@H]2OCc2ccccc2)cc1. The molecule has 1 heterocycles. The van der Waals surface area contributed by atoms with Gasteiger partial charge in [-0.25, -0.2) is 8.42 Å². The summed E-state index contributed by atoms with van der Waals surface area (Å²) in [5.41, 5.74) is -0.929. The van der Waals surface area contributed by atoms with Gasteiger partial charge in [-0.3, -0.25) is 0 Å². The van der Waals surface area contributed by atoms with Crippen LogP contribution < -0.4 is 0 Å². The first-order valence-corrected chi connectivity index (χ1v) is 17.6. The van der Waals surface area contributed by atoms with Crippen LogP contribution in [0, 0.1) is 12.5 Å². The Balaban J connectivity index is 0.000000544. The van der Waals surface area contributed by atoms with E-state index in [2.05, 4.69) is 66.7 Å². The topological polar surface area (TPSA) is 103 Å². The zero-order chi connectivity index (χ0) is 35.4. The van der Waals surface area contributed by atoms with Gasteiger partial charge in [-0.05, 0) is 40.5 Å². The predicted molar refractivity (Wildman–Crippen MR) is 178 cm³/mol. The molecule has 0 aromatic heterocycles. The fourth-order valence-corrected chi connectivity index (χ4v) is 5.61. The summed E-state index contributed by atoms with van der Waals surface area (Å²) in [6.45, 7) is 4.31. The van der Waals surface area contributed by atoms with Gasteiger partial charge in [0.1, 0.15) is 18.8 Å². The molecule has 8 nitrogen and oxygen atoms in total. The third-order valence-electron chi connectivity index (χ3n) is 8.28. The summed E-state index contributed by atoms with van der Waals surface area (Å²) in [7, 11) is -6.09. The maximum Gasteiger partial charge on any atom is 0.485 e. The normalized spacial score (nSPS) is 23.1. The Morgan fingerprint density at radius 1 is 0.700 bits per heavy atom. The van der Waals surface area contributed by atoms with E-state index in [1.165, 1.54) is 5.56 Å². The van der Waals surface area contributed by atoms with Crippen LogP contribution in [-0.4, -0.2) is 56.1 Å². The van der Waals surface area contributed by atoms with E-state index in [0.717, 1.165) is 23.1 Å². The van der Waals surface area contributed by atoms with E-state index in [9.17, 15) is 13.2 Å². The van der Waals surface area contributed by atoms with Gasteiger partial charge in [-0.1, -0.05) is 121 Å². The molecule has 1 aliphatic heterocycles. The minimum absolute atomic E-state index is 0.305. The van der Waals surface area contributed by atoms with E-state index in [1.807, 2.05) is 61.2 Å². The Hall–Kier alpha value is -3.75. The molecule has 2 aliphatic rings. The molecule has 2 fully saturated rings. The fraction of sp³-hybridized carbons (Fsp3) is 0.342. The molecule has 0 spiro atoms. The standard InChI is InChI=1S/C37H39O5.CHF3O3S/c1-5-13-28(14-6-1)22-38-26-34-36(40-23-29-15-7-2-8-16-29)37(41-24-30-17-9-3-10-18-30)35(42-34)27-39-25-32-21-33(32)31-19-11-4-12-20-31;2-1(3,4)8(5,6)7/h1-20,27,32-37H,21-26H2;(H,5,6,7)/q+1;/p-1/t32-,33-,34+,35+,36+,37+;/m0./s1. The van der Waals surface area contributed by atoms with Crippen molar-refractivity contribution < 1.29 is 49.8 Å². The molecular formula is C38H39F3O8S. The summed E-state index contributed by atoms with van der Waals surface area (Å²) < 4.78 is 90.9. The average Bonchev–Trinajstić information content (AvgIpc) is 3.82. The van der Waals surface area contributed by atoms with Crippen molar-refractivity contribution in [3.8, 4) is 0 Å². The van der Waals surface area contributed by atoms with Gasteiger partial charge in [0.05, 0.1) is 26.4 Å². The molecule has 4 aromatic rings. The smallest absolute Gasteiger partial charge is 0.485 e. The summed E-state index contributed by atoms with van der Waals surface area (Å²) in [6, 6.07) is 41.3. The molecule has 1 saturated heterocycles. The Morgan fingerprint density at radius 2 is 1.16 bits per heavy atom. The monoisotopic (exact) mass is 712 g/mol. The average molecular weight is 713 g/mol. The van der Waals surface area contributed by atoms with Crippen molar-refractivity contribution in [1.82, 2.24) is 0 Å². The van der Waals surface area contributed by atoms with Crippen LogP contribution >= 0.6 is 0 Å². The molecule has 6 rings (SSSR count). The first-order chi connectivity index (χ1) is 24.1. The minimum atomic E-state index is -6.09. The Morgan fingerprint density at radius 3 is 1.66 bits per heavy atom. The number of halogens is 3. The molecule has 0 amide bonds. The highest BCUT2D eigenvalue weighted by Crippen LogP contribution is 2.47. The van der Waals surface area contributed by atoms with Gasteiger partial charge in [0.15, 0.2) is 16.2 Å². The summed E-state index contributed by atoms with van der Waals surface area (Å²) >= 11 is 0. The summed E-state index contributed by atoms with van der Waals surface area (Å²) in [5.74, 6) is 1.08. The van der Waals surface area contributed by atoms with E-state index >= 15 is 0 Å². The van der Waals surface area contributed by atoms with Crippen molar-refractivity contribution in [2.45, 2.75) is 62.1 Å². The first kappa shape index (κ1) is 37.5. The van der Waals surface area contributed by atoms with Gasteiger partial charge < -0.3 is 23.5 Å². The first-order valence-electron chi connectivity index (χ1n) is 16.2. The second kappa shape index (κ2) is 18.0. The molecule has 50 heavy (non-hydrogen) atoms. The lowest BCUT2D eigenvalue weighted by Crippen LogP contribution is -2.39. The fourth-order valence-electron chi connectivity index (χ4n) is 5.61. The van der Waals surface area contributed by atoms with Crippen molar-refractivity contribution in [1.29, 1.82) is 0 Å². The van der Waals surface area contributed by atoms with Crippen molar-refractivity contribution in [2.24, 2.45) is 5.92 Å². The van der Waals surface area contributed by atoms with Crippen LogP contribution in [0.4, 0.5) is 13.2 Å². The lowest BCUT2D eigenvalue weighted by molar-refractivity contribution is -0.0899. The number of benzene rings is 4. The molecule has 0 unspecified atom stereocenters. The van der Waals surface area contributed by atoms with Gasteiger partial charge in [-0.2, -0.15) is 17.9 Å². The molecule has 1 saturated carbocycles. The van der Waals surface area contributed by atoms with Crippen molar-refractivity contribution in [3.63, 3.8) is 0 Å². The number of alkyl halides is 3. The van der Waals surface area contributed by atoms with E-state index in [-0.39, 0.29) is 24.4 Å². The van der Waals surface area contributed by atoms with Crippen LogP contribution in [0.2, 0.25) is 0 Å². The number of hydrogen-bond acceptors (Lipinski definition) is 8. The Kier molecular flexibility index (Phi) is 13.5. The molecule has 0 N–H and O–H groups in total. The van der Waals surface area contributed by atoms with Crippen molar-refractivity contribution in [3.05, 3.63) is 150 Å². The third-order valence-corrected chi connectivity index (χ3v) is 8.85. The Bertz CT molecular complexity index is 1660. The van der Waals surface area contributed by atoms with Crippen molar-refractivity contribution in [2.75, 3.05) is 13.2 Å². The quantitative estimate of drug-likeness (QED) is 0.0726. The third kappa shape index (κ3) is 11.4. The van der Waals surface area contributed by atoms with Crippen LogP contribution in [0.5, 0.6) is 0 Å². The molecule has 6 atom stereocenters. The zero-order valence-electron chi connectivity index (χ0n) is 27.1. The lowest BCUT2D eigenvalue weighted by Gasteiger charge is -2.23. The van der Waals surface area contributed by atoms with E-state index in [4.69, 9.17) is 36.7 Å². The molecule has 0 bridgehead atoms. The molecule has 0 radical (unpaired) electrons. The second-order valence-electron chi connectivity index (χ2n) is 12.0. The molecule has 12 heteroatoms. The van der Waals surface area contributed by atoms with Crippen LogP contribution in [0.1, 0.15) is 34.6 Å². The van der Waals surface area contributed by atoms with Gasteiger partial charge in [0, 0.05) is 0 Å². The highest BCUT2D eigenvalue weighted by molar-refractivity contribution is 7.86. The van der Waals surface area contributed by atoms with Crippen LogP contribution in [0.3, 0.4) is 0 Å². The predicted octanol–water partition coefficient (Wildman–Crippen LogP) is 7.17. The van der Waals surface area contributed by atoms with E-state index < -0.39 is 15.6 Å². The summed E-state index contributed by atoms with van der Waals surface area (Å²) in [4.78, 5) is 0. The van der Waals surface area contributed by atoms with Gasteiger partial charge in [0.25, 0.3) is 12.7 Å². The molecule has 266 valence electrons. The summed E-state index contributed by atoms with van der Waals surface area (Å²) in [5, 5.41) is 0. The molecular weight excluding hydrogens is 673 g/mol. The number of rotatable bonds is 15. The van der Waals surface area contributed by atoms with Crippen LogP contribution in [-0.2, 0) is 53.6 Å². The van der Waals surface area contributed by atoms with Gasteiger partial charge in [0.2, 0.25) is 0 Å². The number of hydrogen-bond donors (Lipinski definition) is 0. The summed E-state index contributed by atoms with van der Waals surface area (Å²) in [6.07, 6.45) is -0.207. The Labute approximate surface area is 290 Å². The van der Waals surface area contributed by atoms with Crippen molar-refractivity contribution >= 4 is 10.1 Å². The van der Waals surface area contributed by atoms with E-state index in [0.29, 0.717) is 44.9 Å². The second-order valence-corrected chi connectivity index (χ2v) is 13.4.